The van der Waals surface area contributed by atoms with Gasteiger partial charge in [-0.3, -0.25) is 9.20 Å². The third-order valence-corrected chi connectivity index (χ3v) is 6.99. The lowest BCUT2D eigenvalue weighted by Crippen LogP contribution is -2.23. The van der Waals surface area contributed by atoms with Crippen LogP contribution in [0.25, 0.3) is 28.5 Å². The van der Waals surface area contributed by atoms with Crippen LogP contribution in [-0.2, 0) is 20.8 Å². The van der Waals surface area contributed by atoms with Crippen molar-refractivity contribution in [3.63, 3.8) is 0 Å². The number of hydrogen-bond donors (Lipinski definition) is 1. The first-order valence-electron chi connectivity index (χ1n) is 13.8. The smallest absolute Gasteiger partial charge is 0.274 e. The van der Waals surface area contributed by atoms with Crippen LogP contribution >= 0.6 is 0 Å². The highest BCUT2D eigenvalue weighted by Gasteiger charge is 2.17. The number of rotatable bonds is 10. The number of halogens is 1. The van der Waals surface area contributed by atoms with E-state index in [9.17, 15) is 9.18 Å². The van der Waals surface area contributed by atoms with Crippen LogP contribution in [0, 0.1) is 12.7 Å². The largest absolute Gasteiger partial charge is 0.374 e. The number of carbonyl (C=O) groups is 1. The predicted molar refractivity (Wildman–Crippen MR) is 152 cm³/mol. The number of anilines is 1. The maximum absolute atomic E-state index is 13.6. The molecule has 2 aromatic carbocycles. The van der Waals surface area contributed by atoms with E-state index in [4.69, 9.17) is 18.7 Å². The first kappa shape index (κ1) is 27.7. The zero-order valence-electron chi connectivity index (χ0n) is 23.1. The number of aromatic nitrogens is 4. The molecule has 1 aliphatic heterocycles. The highest BCUT2D eigenvalue weighted by Crippen LogP contribution is 2.27. The molecule has 1 amide bonds. The number of benzene rings is 2. The van der Waals surface area contributed by atoms with E-state index >= 15 is 0 Å². The summed E-state index contributed by atoms with van der Waals surface area (Å²) in [6, 6.07) is 15.2. The Kier molecular flexibility index (Phi) is 8.31. The van der Waals surface area contributed by atoms with E-state index in [1.165, 1.54) is 18.3 Å². The monoisotopic (exact) mass is 571 g/mol. The van der Waals surface area contributed by atoms with E-state index in [2.05, 4.69) is 20.4 Å². The van der Waals surface area contributed by atoms with E-state index in [0.717, 1.165) is 37.0 Å². The van der Waals surface area contributed by atoms with Crippen molar-refractivity contribution >= 4 is 17.2 Å². The number of carbonyl (C=O) groups excluding carboxylic acids is 1. The molecular formula is C31H30FN5O5. The average Bonchev–Trinajstić information content (AvgIpc) is 3.67. The summed E-state index contributed by atoms with van der Waals surface area (Å²) in [4.78, 5) is 22.1. The molecule has 1 aliphatic rings. The first-order chi connectivity index (χ1) is 20.5. The Labute approximate surface area is 241 Å². The van der Waals surface area contributed by atoms with Crippen molar-refractivity contribution in [2.75, 3.05) is 25.1 Å². The van der Waals surface area contributed by atoms with Gasteiger partial charge in [0.1, 0.15) is 17.2 Å². The van der Waals surface area contributed by atoms with Gasteiger partial charge in [-0.05, 0) is 73.7 Å². The SMILES string of the molecule is Cc1ccc(-c2noc(-c3cccc(F)c3)n2)cc1NC(=O)c1cnc2cc(COCCOC3CCCCO3)ccn12. The van der Waals surface area contributed by atoms with Gasteiger partial charge < -0.3 is 24.1 Å². The third kappa shape index (κ3) is 6.38. The van der Waals surface area contributed by atoms with E-state index in [1.54, 1.807) is 28.8 Å². The van der Waals surface area contributed by atoms with Crippen molar-refractivity contribution in [3.8, 4) is 22.8 Å². The minimum Gasteiger partial charge on any atom is -0.374 e. The van der Waals surface area contributed by atoms with Crippen molar-refractivity contribution in [1.82, 2.24) is 19.5 Å². The molecule has 1 N–H and O–H groups in total. The van der Waals surface area contributed by atoms with Crippen molar-refractivity contribution in [2.24, 2.45) is 0 Å². The van der Waals surface area contributed by atoms with Gasteiger partial charge in [0.15, 0.2) is 6.29 Å². The van der Waals surface area contributed by atoms with Gasteiger partial charge in [0.25, 0.3) is 11.8 Å². The second-order valence-electron chi connectivity index (χ2n) is 10.0. The Hall–Kier alpha value is -4.45. The number of fused-ring (bicyclic) bond motifs is 1. The lowest BCUT2D eigenvalue weighted by Gasteiger charge is -2.22. The fourth-order valence-corrected chi connectivity index (χ4v) is 4.71. The number of nitrogens with one attached hydrogen (secondary N) is 1. The molecule has 0 spiro atoms. The van der Waals surface area contributed by atoms with E-state index < -0.39 is 5.82 Å². The van der Waals surface area contributed by atoms with Crippen LogP contribution in [0.3, 0.4) is 0 Å². The lowest BCUT2D eigenvalue weighted by molar-refractivity contribution is -0.169. The van der Waals surface area contributed by atoms with Gasteiger partial charge in [0.05, 0.1) is 26.0 Å². The zero-order chi connectivity index (χ0) is 28.9. The number of hydrogen-bond acceptors (Lipinski definition) is 8. The molecule has 1 fully saturated rings. The summed E-state index contributed by atoms with van der Waals surface area (Å²) >= 11 is 0. The van der Waals surface area contributed by atoms with Crippen molar-refractivity contribution in [1.29, 1.82) is 0 Å². The van der Waals surface area contributed by atoms with Gasteiger partial charge in [-0.2, -0.15) is 4.98 Å². The van der Waals surface area contributed by atoms with Crippen LogP contribution in [0.5, 0.6) is 0 Å². The Balaban J connectivity index is 1.09. The molecule has 3 aromatic heterocycles. The number of imidazole rings is 1. The van der Waals surface area contributed by atoms with Gasteiger partial charge in [-0.15, -0.1) is 0 Å². The van der Waals surface area contributed by atoms with E-state index in [1.807, 2.05) is 31.2 Å². The normalized spacial score (nSPS) is 15.2. The maximum atomic E-state index is 13.6. The quantitative estimate of drug-likeness (QED) is 0.209. The van der Waals surface area contributed by atoms with Crippen LogP contribution in [0.2, 0.25) is 0 Å². The molecule has 6 rings (SSSR count). The molecule has 10 nitrogen and oxygen atoms in total. The molecule has 0 aliphatic carbocycles. The molecule has 4 heterocycles. The fraction of sp³-hybridized carbons (Fsp3) is 0.290. The average molecular weight is 572 g/mol. The number of amides is 1. The Morgan fingerprint density at radius 1 is 1.12 bits per heavy atom. The maximum Gasteiger partial charge on any atom is 0.274 e. The Morgan fingerprint density at radius 2 is 2.05 bits per heavy atom. The van der Waals surface area contributed by atoms with Gasteiger partial charge in [0, 0.05) is 29.6 Å². The Bertz CT molecular complexity index is 1690. The first-order valence-corrected chi connectivity index (χ1v) is 13.8. The fourth-order valence-electron chi connectivity index (χ4n) is 4.71. The minimum absolute atomic E-state index is 0.127. The third-order valence-electron chi connectivity index (χ3n) is 6.99. The molecule has 1 atom stereocenters. The van der Waals surface area contributed by atoms with Crippen molar-refractivity contribution in [2.45, 2.75) is 39.1 Å². The second-order valence-corrected chi connectivity index (χ2v) is 10.0. The summed E-state index contributed by atoms with van der Waals surface area (Å²) in [6.45, 7) is 3.98. The van der Waals surface area contributed by atoms with Crippen LogP contribution in [-0.4, -0.2) is 51.5 Å². The molecule has 11 heteroatoms. The summed E-state index contributed by atoms with van der Waals surface area (Å²) in [5.74, 6) is -0.185. The second kappa shape index (κ2) is 12.6. The predicted octanol–water partition coefficient (Wildman–Crippen LogP) is 5.81. The van der Waals surface area contributed by atoms with Gasteiger partial charge >= 0.3 is 0 Å². The van der Waals surface area contributed by atoms with Crippen LogP contribution in [0.15, 0.2) is 71.5 Å². The molecule has 0 saturated carbocycles. The van der Waals surface area contributed by atoms with Crippen molar-refractivity contribution < 1.29 is 27.9 Å². The van der Waals surface area contributed by atoms with Crippen molar-refractivity contribution in [3.05, 3.63) is 89.6 Å². The highest BCUT2D eigenvalue weighted by molar-refractivity contribution is 6.04. The van der Waals surface area contributed by atoms with Gasteiger partial charge in [-0.25, -0.2) is 9.37 Å². The molecule has 1 saturated heterocycles. The van der Waals surface area contributed by atoms with Crippen LogP contribution < -0.4 is 5.32 Å². The Morgan fingerprint density at radius 3 is 2.90 bits per heavy atom. The lowest BCUT2D eigenvalue weighted by atomic mass is 10.1. The number of pyridine rings is 1. The summed E-state index contributed by atoms with van der Waals surface area (Å²) in [5.41, 5.74) is 4.53. The summed E-state index contributed by atoms with van der Waals surface area (Å²) in [7, 11) is 0. The minimum atomic E-state index is -0.393. The molecule has 216 valence electrons. The van der Waals surface area contributed by atoms with E-state index in [-0.39, 0.29) is 18.1 Å². The molecule has 1 unspecified atom stereocenters. The van der Waals surface area contributed by atoms with Crippen LogP contribution in [0.1, 0.15) is 40.9 Å². The number of aryl methyl sites for hydroxylation is 1. The standard InChI is InChI=1S/C31H30FN5O5/c1-20-8-9-22(29-35-31(42-36-29)23-5-4-6-24(32)16-23)17-25(20)34-30(38)26-18-33-27-15-21(10-11-37(26)27)19-39-13-14-41-28-7-2-3-12-40-28/h4-6,8-11,15-18,28H,2-3,7,12-14,19H2,1H3,(H,34,38). The number of ether oxygens (including phenoxy) is 3. The molecule has 0 bridgehead atoms. The van der Waals surface area contributed by atoms with Gasteiger partial charge in [0.2, 0.25) is 5.82 Å². The zero-order valence-corrected chi connectivity index (χ0v) is 23.1. The molecule has 5 aromatic rings. The molecular weight excluding hydrogens is 541 g/mol. The van der Waals surface area contributed by atoms with E-state index in [0.29, 0.717) is 53.8 Å². The topological polar surface area (TPSA) is 113 Å². The van der Waals surface area contributed by atoms with Gasteiger partial charge in [-0.1, -0.05) is 23.4 Å². The van der Waals surface area contributed by atoms with Crippen LogP contribution in [0.4, 0.5) is 10.1 Å². The summed E-state index contributed by atoms with van der Waals surface area (Å²) in [5, 5.41) is 7.00. The molecule has 42 heavy (non-hydrogen) atoms. The summed E-state index contributed by atoms with van der Waals surface area (Å²) in [6.07, 6.45) is 6.36. The molecule has 0 radical (unpaired) electrons. The summed E-state index contributed by atoms with van der Waals surface area (Å²) < 4.78 is 37.7. The highest BCUT2D eigenvalue weighted by atomic mass is 19.1. The number of nitrogens with zero attached hydrogens (tertiary/aromatic N) is 4.